The molecule has 0 amide bonds. The maximum absolute atomic E-state index is 12.3. The van der Waals surface area contributed by atoms with Crippen LogP contribution in [0.15, 0.2) is 21.7 Å². The molecule has 0 aliphatic carbocycles. The summed E-state index contributed by atoms with van der Waals surface area (Å²) in [6.07, 6.45) is 1.42. The summed E-state index contributed by atoms with van der Waals surface area (Å²) in [7, 11) is -3.61. The third-order valence-electron chi connectivity index (χ3n) is 3.10. The van der Waals surface area contributed by atoms with Crippen LogP contribution in [0.3, 0.4) is 0 Å². The van der Waals surface area contributed by atoms with Crippen molar-refractivity contribution in [3.63, 3.8) is 0 Å². The number of rotatable bonds is 5. The largest absolute Gasteiger partial charge is 0.363 e. The second-order valence-electron chi connectivity index (χ2n) is 4.65. The summed E-state index contributed by atoms with van der Waals surface area (Å²) in [4.78, 5) is 2.98. The van der Waals surface area contributed by atoms with E-state index in [1.807, 2.05) is 0 Å². The molecule has 0 saturated carbocycles. The van der Waals surface area contributed by atoms with Crippen molar-refractivity contribution in [1.29, 1.82) is 0 Å². The van der Waals surface area contributed by atoms with Crippen molar-refractivity contribution < 1.29 is 12.9 Å². The summed E-state index contributed by atoms with van der Waals surface area (Å²) >= 11 is 0. The van der Waals surface area contributed by atoms with Crippen LogP contribution in [0.4, 0.5) is 0 Å². The van der Waals surface area contributed by atoms with Crippen LogP contribution in [0.2, 0.25) is 0 Å². The van der Waals surface area contributed by atoms with E-state index in [0.717, 1.165) is 5.56 Å². The van der Waals surface area contributed by atoms with E-state index in [2.05, 4.69) is 14.9 Å². The molecule has 0 aliphatic heterocycles. The molecule has 0 aliphatic rings. The van der Waals surface area contributed by atoms with Gasteiger partial charge < -0.3 is 15.2 Å². The lowest BCUT2D eigenvalue weighted by Crippen LogP contribution is -2.27. The average molecular weight is 298 g/mol. The Hall–Kier alpha value is -1.64. The van der Waals surface area contributed by atoms with Crippen molar-refractivity contribution in [3.05, 3.63) is 35.0 Å². The molecule has 2 rings (SSSR count). The number of hydrogen-bond donors (Lipinski definition) is 3. The fourth-order valence-electron chi connectivity index (χ4n) is 2.16. The molecule has 1 unspecified atom stereocenters. The number of aryl methyl sites for hydroxylation is 2. The van der Waals surface area contributed by atoms with Gasteiger partial charge in [0.2, 0.25) is 10.0 Å². The van der Waals surface area contributed by atoms with Crippen molar-refractivity contribution in [2.24, 2.45) is 5.73 Å². The van der Waals surface area contributed by atoms with E-state index in [1.54, 1.807) is 20.8 Å². The van der Waals surface area contributed by atoms with Crippen LogP contribution in [0, 0.1) is 13.8 Å². The third-order valence-corrected chi connectivity index (χ3v) is 4.62. The zero-order chi connectivity index (χ0) is 14.9. The van der Waals surface area contributed by atoms with Crippen LogP contribution >= 0.6 is 0 Å². The van der Waals surface area contributed by atoms with Gasteiger partial charge >= 0.3 is 0 Å². The molecule has 0 bridgehead atoms. The molecule has 0 fully saturated rings. The number of nitrogens with two attached hydrogens (primary N) is 1. The molecule has 0 spiro atoms. The highest BCUT2D eigenvalue weighted by Crippen LogP contribution is 2.23. The quantitative estimate of drug-likeness (QED) is 0.765. The number of hydrogen-bond acceptors (Lipinski definition) is 5. The normalized spacial score (nSPS) is 13.6. The first kappa shape index (κ1) is 14.8. The van der Waals surface area contributed by atoms with Crippen LogP contribution in [-0.2, 0) is 16.6 Å². The number of nitrogens with one attached hydrogen (secondary N) is 2. The van der Waals surface area contributed by atoms with Crippen molar-refractivity contribution in [3.8, 4) is 0 Å². The predicted molar refractivity (Wildman–Crippen MR) is 73.4 cm³/mol. The van der Waals surface area contributed by atoms with Crippen molar-refractivity contribution in [2.75, 3.05) is 0 Å². The summed E-state index contributed by atoms with van der Waals surface area (Å²) in [6, 6.07) is 1.09. The number of sulfonamides is 1. The van der Waals surface area contributed by atoms with Gasteiger partial charge in [0.1, 0.15) is 5.76 Å². The molecule has 0 saturated heterocycles. The van der Waals surface area contributed by atoms with Crippen molar-refractivity contribution in [1.82, 2.24) is 14.9 Å². The minimum absolute atomic E-state index is 0.163. The molecule has 2 aromatic rings. The topological polar surface area (TPSA) is 114 Å². The smallest absolute Gasteiger partial charge is 0.242 e. The molecule has 110 valence electrons. The standard InChI is InChI=1S/C12H18N4O3S/c1-7-12(9(3)19-15-7)8(2)16-20(17,18)11-4-10(5-13)14-6-11/h4,6,8,14,16H,5,13H2,1-3H3. The lowest BCUT2D eigenvalue weighted by molar-refractivity contribution is 0.391. The lowest BCUT2D eigenvalue weighted by Gasteiger charge is -2.13. The van der Waals surface area contributed by atoms with Gasteiger partial charge in [-0.1, -0.05) is 5.16 Å². The second-order valence-corrected chi connectivity index (χ2v) is 6.36. The lowest BCUT2D eigenvalue weighted by atomic mass is 10.1. The first-order valence-electron chi connectivity index (χ1n) is 6.17. The predicted octanol–water partition coefficient (Wildman–Crippen LogP) is 1.12. The highest BCUT2D eigenvalue weighted by molar-refractivity contribution is 7.89. The molecule has 7 nitrogen and oxygen atoms in total. The Morgan fingerprint density at radius 3 is 2.70 bits per heavy atom. The molecule has 0 radical (unpaired) electrons. The molecular weight excluding hydrogens is 280 g/mol. The number of H-pyrrole nitrogens is 1. The highest BCUT2D eigenvalue weighted by atomic mass is 32.2. The second kappa shape index (κ2) is 5.39. The van der Waals surface area contributed by atoms with Gasteiger partial charge in [0.15, 0.2) is 0 Å². The Morgan fingerprint density at radius 2 is 2.20 bits per heavy atom. The van der Waals surface area contributed by atoms with Gasteiger partial charge in [0, 0.05) is 30.0 Å². The first-order chi connectivity index (χ1) is 9.35. The Morgan fingerprint density at radius 1 is 1.50 bits per heavy atom. The third kappa shape index (κ3) is 2.77. The van der Waals surface area contributed by atoms with E-state index in [0.29, 0.717) is 17.1 Å². The van der Waals surface area contributed by atoms with Gasteiger partial charge in [-0.05, 0) is 26.8 Å². The summed E-state index contributed by atoms with van der Waals surface area (Å²) < 4.78 is 32.2. The van der Waals surface area contributed by atoms with Gasteiger partial charge in [-0.15, -0.1) is 0 Å². The Bertz CT molecular complexity index is 683. The summed E-state index contributed by atoms with van der Waals surface area (Å²) in [5.74, 6) is 0.606. The molecule has 8 heteroatoms. The zero-order valence-electron chi connectivity index (χ0n) is 11.6. The summed E-state index contributed by atoms with van der Waals surface area (Å²) in [5.41, 5.74) is 7.55. The fourth-order valence-corrected chi connectivity index (χ4v) is 3.39. The van der Waals surface area contributed by atoms with E-state index in [9.17, 15) is 8.42 Å². The molecule has 4 N–H and O–H groups in total. The van der Waals surface area contributed by atoms with E-state index in [-0.39, 0.29) is 11.4 Å². The van der Waals surface area contributed by atoms with Gasteiger partial charge in [-0.2, -0.15) is 0 Å². The van der Waals surface area contributed by atoms with Crippen molar-refractivity contribution >= 4 is 10.0 Å². The van der Waals surface area contributed by atoms with Gasteiger partial charge in [-0.3, -0.25) is 0 Å². The molecule has 20 heavy (non-hydrogen) atoms. The fraction of sp³-hybridized carbons (Fsp3) is 0.417. The van der Waals surface area contributed by atoms with Crippen LogP contribution < -0.4 is 10.5 Å². The van der Waals surface area contributed by atoms with Gasteiger partial charge in [-0.25, -0.2) is 13.1 Å². The summed E-state index contributed by atoms with van der Waals surface area (Å²) in [5, 5.41) is 3.82. The maximum atomic E-state index is 12.3. The van der Waals surface area contributed by atoms with E-state index in [4.69, 9.17) is 10.3 Å². The minimum Gasteiger partial charge on any atom is -0.363 e. The highest BCUT2D eigenvalue weighted by Gasteiger charge is 2.23. The van der Waals surface area contributed by atoms with Crippen LogP contribution in [0.5, 0.6) is 0 Å². The monoisotopic (exact) mass is 298 g/mol. The Kier molecular flexibility index (Phi) is 3.98. The van der Waals surface area contributed by atoms with Gasteiger partial charge in [0.05, 0.1) is 10.6 Å². The van der Waals surface area contributed by atoms with Gasteiger partial charge in [0.25, 0.3) is 0 Å². The minimum atomic E-state index is -3.61. The molecule has 2 aromatic heterocycles. The average Bonchev–Trinajstić information content (AvgIpc) is 2.96. The van der Waals surface area contributed by atoms with Crippen LogP contribution in [-0.4, -0.2) is 18.6 Å². The zero-order valence-corrected chi connectivity index (χ0v) is 12.4. The Balaban J connectivity index is 2.24. The number of nitrogens with zero attached hydrogens (tertiary/aromatic N) is 1. The van der Waals surface area contributed by atoms with E-state index >= 15 is 0 Å². The van der Waals surface area contributed by atoms with E-state index < -0.39 is 16.1 Å². The number of aromatic nitrogens is 2. The molecule has 2 heterocycles. The van der Waals surface area contributed by atoms with Crippen LogP contribution in [0.1, 0.15) is 35.7 Å². The summed E-state index contributed by atoms with van der Waals surface area (Å²) in [6.45, 7) is 5.54. The maximum Gasteiger partial charge on any atom is 0.242 e. The molecule has 0 aromatic carbocycles. The number of aromatic amines is 1. The van der Waals surface area contributed by atoms with E-state index in [1.165, 1.54) is 12.3 Å². The first-order valence-corrected chi connectivity index (χ1v) is 7.66. The Labute approximate surface area is 117 Å². The molecule has 1 atom stereocenters. The SMILES string of the molecule is Cc1noc(C)c1C(C)NS(=O)(=O)c1c[nH]c(CN)c1. The van der Waals surface area contributed by atoms with Crippen LogP contribution in [0.25, 0.3) is 0 Å². The molecular formula is C12H18N4O3S. The van der Waals surface area contributed by atoms with Crippen molar-refractivity contribution in [2.45, 2.75) is 38.3 Å².